The first-order valence-corrected chi connectivity index (χ1v) is 7.69. The van der Waals surface area contributed by atoms with E-state index in [-0.39, 0.29) is 29.9 Å². The number of nitrogens with zero attached hydrogens (tertiary/aromatic N) is 1. The maximum atomic E-state index is 11.2. The van der Waals surface area contributed by atoms with Crippen molar-refractivity contribution in [2.24, 2.45) is 5.41 Å². The number of hydrogen-bond donors (Lipinski definition) is 2. The van der Waals surface area contributed by atoms with Crippen molar-refractivity contribution in [3.05, 3.63) is 33.9 Å². The van der Waals surface area contributed by atoms with E-state index in [1.807, 2.05) is 0 Å². The highest BCUT2D eigenvalue weighted by Crippen LogP contribution is 2.50. The van der Waals surface area contributed by atoms with Gasteiger partial charge in [-0.1, -0.05) is 13.8 Å². The van der Waals surface area contributed by atoms with Crippen LogP contribution in [-0.2, 0) is 11.3 Å². The van der Waals surface area contributed by atoms with Crippen LogP contribution in [0.1, 0.15) is 38.7 Å². The number of rotatable bonds is 7. The number of nitrogens with one attached hydrogen (secondary N) is 1. The predicted molar refractivity (Wildman–Crippen MR) is 84.9 cm³/mol. The number of benzene rings is 1. The van der Waals surface area contributed by atoms with Crippen molar-refractivity contribution in [1.29, 1.82) is 0 Å². The molecule has 2 atom stereocenters. The lowest BCUT2D eigenvalue weighted by atomic mass is 9.58. The van der Waals surface area contributed by atoms with Crippen LogP contribution >= 0.6 is 0 Å². The van der Waals surface area contributed by atoms with E-state index in [1.165, 1.54) is 6.07 Å². The molecule has 1 saturated carbocycles. The molecule has 0 spiro atoms. The van der Waals surface area contributed by atoms with Crippen molar-refractivity contribution in [2.75, 3.05) is 12.4 Å². The second-order valence-electron chi connectivity index (χ2n) is 5.86. The molecule has 22 heavy (non-hydrogen) atoms. The van der Waals surface area contributed by atoms with E-state index in [1.54, 1.807) is 19.2 Å². The Kier molecular flexibility index (Phi) is 5.03. The third-order valence-electron chi connectivity index (χ3n) is 5.16. The minimum Gasteiger partial charge on any atom is -0.392 e. The summed E-state index contributed by atoms with van der Waals surface area (Å²) < 4.78 is 5.56. The molecular weight excluding hydrogens is 284 g/mol. The van der Waals surface area contributed by atoms with Crippen LogP contribution in [0.25, 0.3) is 0 Å². The summed E-state index contributed by atoms with van der Waals surface area (Å²) in [5, 5.41) is 23.8. The standard InChI is InChI=1S/C16H24N2O4/c1-4-16(5-2)14(9-15(16)22-3)17-12-8-11(10-19)6-7-13(12)18(20)21/h6-8,14-15,17,19H,4-5,9-10H2,1-3H3. The molecule has 1 aliphatic carbocycles. The van der Waals surface area contributed by atoms with Gasteiger partial charge in [-0.3, -0.25) is 10.1 Å². The van der Waals surface area contributed by atoms with Crippen molar-refractivity contribution in [2.45, 2.75) is 51.9 Å². The highest BCUT2D eigenvalue weighted by atomic mass is 16.6. The Morgan fingerprint density at radius 2 is 2.14 bits per heavy atom. The highest BCUT2D eigenvalue weighted by molar-refractivity contribution is 5.63. The van der Waals surface area contributed by atoms with Crippen molar-refractivity contribution in [3.8, 4) is 0 Å². The fourth-order valence-corrected chi connectivity index (χ4v) is 3.62. The Balaban J connectivity index is 2.28. The molecule has 1 aromatic carbocycles. The van der Waals surface area contributed by atoms with Gasteiger partial charge in [0.2, 0.25) is 0 Å². The quantitative estimate of drug-likeness (QED) is 0.597. The maximum absolute atomic E-state index is 11.2. The van der Waals surface area contributed by atoms with Crippen LogP contribution in [0.2, 0.25) is 0 Å². The molecule has 1 fully saturated rings. The number of aliphatic hydroxyl groups is 1. The predicted octanol–water partition coefficient (Wildman–Crippen LogP) is 3.09. The van der Waals surface area contributed by atoms with E-state index in [0.29, 0.717) is 11.3 Å². The van der Waals surface area contributed by atoms with Crippen LogP contribution in [0, 0.1) is 15.5 Å². The van der Waals surface area contributed by atoms with Crippen molar-refractivity contribution in [1.82, 2.24) is 0 Å². The van der Waals surface area contributed by atoms with Crippen molar-refractivity contribution >= 4 is 11.4 Å². The topological polar surface area (TPSA) is 84.6 Å². The van der Waals surface area contributed by atoms with Gasteiger partial charge in [0, 0.05) is 24.6 Å². The van der Waals surface area contributed by atoms with Gasteiger partial charge in [0.1, 0.15) is 5.69 Å². The average molecular weight is 308 g/mol. The average Bonchev–Trinajstić information content (AvgIpc) is 2.51. The summed E-state index contributed by atoms with van der Waals surface area (Å²) in [5.74, 6) is 0. The molecule has 0 aromatic heterocycles. The number of aliphatic hydroxyl groups excluding tert-OH is 1. The number of methoxy groups -OCH3 is 1. The number of anilines is 1. The Morgan fingerprint density at radius 1 is 1.45 bits per heavy atom. The van der Waals surface area contributed by atoms with Crippen LogP contribution < -0.4 is 5.32 Å². The van der Waals surface area contributed by atoms with Crippen LogP contribution in [0.3, 0.4) is 0 Å². The Labute approximate surface area is 130 Å². The summed E-state index contributed by atoms with van der Waals surface area (Å²) in [7, 11) is 1.72. The van der Waals surface area contributed by atoms with Gasteiger partial charge in [0.05, 0.1) is 17.6 Å². The summed E-state index contributed by atoms with van der Waals surface area (Å²) in [4.78, 5) is 10.8. The second kappa shape index (κ2) is 6.62. The SMILES string of the molecule is CCC1(CC)C(Nc2cc(CO)ccc2[N+](=O)[O-])CC1OC. The largest absolute Gasteiger partial charge is 0.392 e. The normalized spacial score (nSPS) is 22.9. The third-order valence-corrected chi connectivity index (χ3v) is 5.16. The van der Waals surface area contributed by atoms with Gasteiger partial charge in [0.15, 0.2) is 0 Å². The summed E-state index contributed by atoms with van der Waals surface area (Å²) in [6, 6.07) is 4.82. The van der Waals surface area contributed by atoms with Crippen LogP contribution in [-0.4, -0.2) is 29.3 Å². The van der Waals surface area contributed by atoms with Gasteiger partial charge in [0.25, 0.3) is 5.69 Å². The van der Waals surface area contributed by atoms with Crippen LogP contribution in [0.5, 0.6) is 0 Å². The molecule has 2 rings (SSSR count). The monoisotopic (exact) mass is 308 g/mol. The van der Waals surface area contributed by atoms with E-state index in [0.717, 1.165) is 19.3 Å². The van der Waals surface area contributed by atoms with E-state index in [4.69, 9.17) is 4.74 Å². The minimum atomic E-state index is -0.393. The number of ether oxygens (including phenoxy) is 1. The molecule has 2 unspecified atom stereocenters. The third kappa shape index (κ3) is 2.68. The van der Waals surface area contributed by atoms with Crippen molar-refractivity contribution < 1.29 is 14.8 Å². The van der Waals surface area contributed by atoms with Gasteiger partial charge in [-0.05, 0) is 37.0 Å². The van der Waals surface area contributed by atoms with Crippen molar-refractivity contribution in [3.63, 3.8) is 0 Å². The van der Waals surface area contributed by atoms with Crippen LogP contribution in [0.15, 0.2) is 18.2 Å². The Morgan fingerprint density at radius 3 is 2.64 bits per heavy atom. The molecule has 2 N–H and O–H groups in total. The molecular formula is C16H24N2O4. The lowest BCUT2D eigenvalue weighted by Gasteiger charge is -2.55. The summed E-state index contributed by atoms with van der Waals surface area (Å²) in [6.45, 7) is 4.12. The van der Waals surface area contributed by atoms with Gasteiger partial charge in [-0.25, -0.2) is 0 Å². The maximum Gasteiger partial charge on any atom is 0.292 e. The van der Waals surface area contributed by atoms with Gasteiger partial charge < -0.3 is 15.2 Å². The zero-order valence-corrected chi connectivity index (χ0v) is 13.3. The molecule has 6 nitrogen and oxygen atoms in total. The molecule has 122 valence electrons. The smallest absolute Gasteiger partial charge is 0.292 e. The summed E-state index contributed by atoms with van der Waals surface area (Å²) in [6.07, 6.45) is 2.92. The number of hydrogen-bond acceptors (Lipinski definition) is 5. The highest BCUT2D eigenvalue weighted by Gasteiger charge is 2.53. The first-order valence-electron chi connectivity index (χ1n) is 7.69. The zero-order chi connectivity index (χ0) is 16.3. The number of nitro benzene ring substituents is 1. The summed E-state index contributed by atoms with van der Waals surface area (Å²) >= 11 is 0. The van der Waals surface area contributed by atoms with E-state index < -0.39 is 4.92 Å². The van der Waals surface area contributed by atoms with Gasteiger partial charge in [-0.15, -0.1) is 0 Å². The molecule has 0 aliphatic heterocycles. The number of nitro groups is 1. The fourth-order valence-electron chi connectivity index (χ4n) is 3.62. The molecule has 1 aromatic rings. The van der Waals surface area contributed by atoms with E-state index in [9.17, 15) is 15.2 Å². The lowest BCUT2D eigenvalue weighted by Crippen LogP contribution is -2.60. The molecule has 1 aliphatic rings. The molecule has 0 amide bonds. The Bertz CT molecular complexity index is 543. The first-order chi connectivity index (χ1) is 10.5. The molecule has 6 heteroatoms. The molecule has 0 radical (unpaired) electrons. The molecule has 0 saturated heterocycles. The zero-order valence-electron chi connectivity index (χ0n) is 13.3. The fraction of sp³-hybridized carbons (Fsp3) is 0.625. The first kappa shape index (κ1) is 16.7. The van der Waals surface area contributed by atoms with Crippen LogP contribution in [0.4, 0.5) is 11.4 Å². The second-order valence-corrected chi connectivity index (χ2v) is 5.86. The Hall–Kier alpha value is -1.66. The minimum absolute atomic E-state index is 0.00214. The molecule has 0 bridgehead atoms. The summed E-state index contributed by atoms with van der Waals surface area (Å²) in [5.41, 5.74) is 1.17. The lowest BCUT2D eigenvalue weighted by molar-refractivity contribution is -0.384. The van der Waals surface area contributed by atoms with Gasteiger partial charge >= 0.3 is 0 Å². The van der Waals surface area contributed by atoms with E-state index in [2.05, 4.69) is 19.2 Å². The molecule has 0 heterocycles. The van der Waals surface area contributed by atoms with Gasteiger partial charge in [-0.2, -0.15) is 0 Å². The van der Waals surface area contributed by atoms with E-state index >= 15 is 0 Å².